The minimum Gasteiger partial charge on any atom is -0.367 e. The summed E-state index contributed by atoms with van der Waals surface area (Å²) in [6.45, 7) is 2.06. The van der Waals surface area contributed by atoms with Gasteiger partial charge in [0.25, 0.3) is 5.56 Å². The van der Waals surface area contributed by atoms with Crippen LogP contribution in [0.5, 0.6) is 0 Å². The number of benzene rings is 1. The highest BCUT2D eigenvalue weighted by atomic mass is 16.1. The van der Waals surface area contributed by atoms with Crippen molar-refractivity contribution < 1.29 is 0 Å². The Balaban J connectivity index is 1.73. The fraction of sp³-hybridized carbons (Fsp3) is 0.273. The second-order valence-electron chi connectivity index (χ2n) is 7.47. The molecule has 1 aromatic carbocycles. The Morgan fingerprint density at radius 1 is 1.15 bits per heavy atom. The van der Waals surface area contributed by atoms with E-state index in [1.165, 1.54) is 18.4 Å². The molecule has 5 nitrogen and oxygen atoms in total. The first-order chi connectivity index (χ1) is 13.2. The maximum absolute atomic E-state index is 12.9. The zero-order valence-corrected chi connectivity index (χ0v) is 15.3. The molecule has 1 aliphatic carbocycles. The first kappa shape index (κ1) is 16.1. The minimum absolute atomic E-state index is 0.107. The van der Waals surface area contributed by atoms with Gasteiger partial charge >= 0.3 is 0 Å². The van der Waals surface area contributed by atoms with Crippen molar-refractivity contribution in [3.8, 4) is 11.3 Å². The molecule has 0 bridgehead atoms. The number of imidazole rings is 1. The highest BCUT2D eigenvalue weighted by Crippen LogP contribution is 2.31. The van der Waals surface area contributed by atoms with Crippen LogP contribution in [-0.2, 0) is 0 Å². The second-order valence-corrected chi connectivity index (χ2v) is 7.47. The number of hydrogen-bond acceptors (Lipinski definition) is 3. The molecule has 0 atom stereocenters. The second kappa shape index (κ2) is 6.27. The van der Waals surface area contributed by atoms with Gasteiger partial charge in [-0.1, -0.05) is 30.5 Å². The van der Waals surface area contributed by atoms with Crippen LogP contribution >= 0.6 is 0 Å². The van der Waals surface area contributed by atoms with Gasteiger partial charge in [0.05, 0.1) is 5.56 Å². The third-order valence-corrected chi connectivity index (χ3v) is 5.48. The number of anilines is 1. The molecule has 0 saturated heterocycles. The molecular formula is C22H22N4O. The lowest BCUT2D eigenvalue weighted by atomic mass is 10.1. The lowest BCUT2D eigenvalue weighted by Crippen LogP contribution is -2.17. The SMILES string of the molecule is Cc1ccc2[nH]c(=O)c(-c3nc4ccccn4c3NC3CCCC3)cc2c1. The third kappa shape index (κ3) is 2.79. The molecule has 4 aromatic rings. The molecule has 136 valence electrons. The van der Waals surface area contributed by atoms with Crippen LogP contribution in [0.1, 0.15) is 31.2 Å². The van der Waals surface area contributed by atoms with E-state index in [-0.39, 0.29) is 5.56 Å². The van der Waals surface area contributed by atoms with Crippen molar-refractivity contribution in [1.29, 1.82) is 0 Å². The number of nitrogens with zero attached hydrogens (tertiary/aromatic N) is 2. The first-order valence-corrected chi connectivity index (χ1v) is 9.57. The van der Waals surface area contributed by atoms with Crippen molar-refractivity contribution in [3.63, 3.8) is 0 Å². The largest absolute Gasteiger partial charge is 0.367 e. The Hall–Kier alpha value is -3.08. The van der Waals surface area contributed by atoms with Gasteiger partial charge in [-0.05, 0) is 55.5 Å². The highest BCUT2D eigenvalue weighted by molar-refractivity contribution is 5.86. The summed E-state index contributed by atoms with van der Waals surface area (Å²) in [7, 11) is 0. The Labute approximate surface area is 157 Å². The quantitative estimate of drug-likeness (QED) is 0.566. The molecular weight excluding hydrogens is 336 g/mol. The molecule has 27 heavy (non-hydrogen) atoms. The zero-order valence-electron chi connectivity index (χ0n) is 15.3. The fourth-order valence-corrected chi connectivity index (χ4v) is 4.09. The van der Waals surface area contributed by atoms with Gasteiger partial charge in [-0.2, -0.15) is 0 Å². The van der Waals surface area contributed by atoms with Gasteiger partial charge in [-0.15, -0.1) is 0 Å². The Kier molecular flexibility index (Phi) is 3.74. The summed E-state index contributed by atoms with van der Waals surface area (Å²) in [6, 6.07) is 14.4. The van der Waals surface area contributed by atoms with Crippen LogP contribution in [0.4, 0.5) is 5.82 Å². The molecule has 2 N–H and O–H groups in total. The van der Waals surface area contributed by atoms with Gasteiger partial charge in [-0.3, -0.25) is 9.20 Å². The first-order valence-electron chi connectivity index (χ1n) is 9.57. The molecule has 1 saturated carbocycles. The zero-order chi connectivity index (χ0) is 18.4. The average Bonchev–Trinajstić information content (AvgIpc) is 3.30. The number of fused-ring (bicyclic) bond motifs is 2. The maximum Gasteiger partial charge on any atom is 0.258 e. The van der Waals surface area contributed by atoms with Crippen molar-refractivity contribution in [2.75, 3.05) is 5.32 Å². The summed E-state index contributed by atoms with van der Waals surface area (Å²) in [4.78, 5) is 20.7. The maximum atomic E-state index is 12.9. The van der Waals surface area contributed by atoms with Crippen LogP contribution < -0.4 is 10.9 Å². The fourth-order valence-electron chi connectivity index (χ4n) is 4.09. The number of aromatic nitrogens is 3. The number of rotatable bonds is 3. The molecule has 5 heteroatoms. The summed E-state index contributed by atoms with van der Waals surface area (Å²) in [6.07, 6.45) is 6.82. The number of hydrogen-bond donors (Lipinski definition) is 2. The van der Waals surface area contributed by atoms with Crippen molar-refractivity contribution in [3.05, 3.63) is 64.6 Å². The van der Waals surface area contributed by atoms with E-state index in [2.05, 4.69) is 23.3 Å². The van der Waals surface area contributed by atoms with Crippen molar-refractivity contribution >= 4 is 22.4 Å². The van der Waals surface area contributed by atoms with Crippen molar-refractivity contribution in [1.82, 2.24) is 14.4 Å². The molecule has 3 heterocycles. The van der Waals surface area contributed by atoms with Crippen LogP contribution in [0, 0.1) is 6.92 Å². The van der Waals surface area contributed by atoms with E-state index >= 15 is 0 Å². The third-order valence-electron chi connectivity index (χ3n) is 5.48. The van der Waals surface area contributed by atoms with Crippen molar-refractivity contribution in [2.24, 2.45) is 0 Å². The van der Waals surface area contributed by atoms with Gasteiger partial charge < -0.3 is 10.3 Å². The van der Waals surface area contributed by atoms with E-state index in [9.17, 15) is 4.79 Å². The lowest BCUT2D eigenvalue weighted by molar-refractivity contribution is 0.749. The molecule has 0 aliphatic heterocycles. The van der Waals surface area contributed by atoms with E-state index in [1.807, 2.05) is 47.0 Å². The van der Waals surface area contributed by atoms with Crippen LogP contribution in [0.25, 0.3) is 27.8 Å². The topological polar surface area (TPSA) is 62.2 Å². The number of H-pyrrole nitrogens is 1. The molecule has 1 fully saturated rings. The number of pyridine rings is 2. The molecule has 1 aliphatic rings. The lowest BCUT2D eigenvalue weighted by Gasteiger charge is -2.14. The highest BCUT2D eigenvalue weighted by Gasteiger charge is 2.22. The Morgan fingerprint density at radius 3 is 2.85 bits per heavy atom. The summed E-state index contributed by atoms with van der Waals surface area (Å²) in [5, 5.41) is 4.69. The minimum atomic E-state index is -0.107. The summed E-state index contributed by atoms with van der Waals surface area (Å²) in [5.74, 6) is 0.912. The molecule has 0 spiro atoms. The van der Waals surface area contributed by atoms with E-state index in [0.29, 0.717) is 11.6 Å². The Bertz CT molecular complexity index is 1200. The predicted octanol–water partition coefficient (Wildman–Crippen LogP) is 4.51. The average molecular weight is 358 g/mol. The monoisotopic (exact) mass is 358 g/mol. The van der Waals surface area contributed by atoms with E-state index in [1.54, 1.807) is 0 Å². The molecule has 3 aromatic heterocycles. The Morgan fingerprint density at radius 2 is 2.00 bits per heavy atom. The van der Waals surface area contributed by atoms with Gasteiger partial charge in [0.2, 0.25) is 0 Å². The molecule has 0 unspecified atom stereocenters. The van der Waals surface area contributed by atoms with Crippen LogP contribution in [0.2, 0.25) is 0 Å². The van der Waals surface area contributed by atoms with Crippen molar-refractivity contribution in [2.45, 2.75) is 38.6 Å². The molecule has 0 radical (unpaired) electrons. The van der Waals surface area contributed by atoms with E-state index in [0.717, 1.165) is 40.9 Å². The number of aromatic amines is 1. The normalized spacial score (nSPS) is 15.0. The van der Waals surface area contributed by atoms with Crippen LogP contribution in [-0.4, -0.2) is 20.4 Å². The number of nitrogens with one attached hydrogen (secondary N) is 2. The van der Waals surface area contributed by atoms with E-state index in [4.69, 9.17) is 4.98 Å². The van der Waals surface area contributed by atoms with Gasteiger partial charge in [-0.25, -0.2) is 4.98 Å². The van der Waals surface area contributed by atoms with Gasteiger partial charge in [0.1, 0.15) is 17.2 Å². The smallest absolute Gasteiger partial charge is 0.258 e. The predicted molar refractivity (Wildman–Crippen MR) is 109 cm³/mol. The van der Waals surface area contributed by atoms with Crippen LogP contribution in [0.3, 0.4) is 0 Å². The molecule has 5 rings (SSSR count). The summed E-state index contributed by atoms with van der Waals surface area (Å²) >= 11 is 0. The van der Waals surface area contributed by atoms with Crippen LogP contribution in [0.15, 0.2) is 53.5 Å². The molecule has 0 amide bonds. The van der Waals surface area contributed by atoms with Gasteiger partial charge in [0, 0.05) is 17.8 Å². The summed E-state index contributed by atoms with van der Waals surface area (Å²) in [5.41, 5.74) is 4.08. The summed E-state index contributed by atoms with van der Waals surface area (Å²) < 4.78 is 2.05. The number of aryl methyl sites for hydroxylation is 1. The van der Waals surface area contributed by atoms with Gasteiger partial charge in [0.15, 0.2) is 0 Å². The van der Waals surface area contributed by atoms with E-state index < -0.39 is 0 Å². The standard InChI is InChI=1S/C22H22N4O/c1-14-9-10-18-15(12-14)13-17(22(27)24-18)20-21(23-16-6-2-3-7-16)26-11-5-4-8-19(26)25-20/h4-5,8-13,16,23H,2-3,6-7H2,1H3,(H,24,27).